The van der Waals surface area contributed by atoms with Gasteiger partial charge in [-0.05, 0) is 65.6 Å². The maximum Gasteiger partial charge on any atom is 0.573 e. The first-order valence-electron chi connectivity index (χ1n) is 12.9. The summed E-state index contributed by atoms with van der Waals surface area (Å²) in [7, 11) is -4.35. The highest BCUT2D eigenvalue weighted by Gasteiger charge is 2.36. The molecule has 7 nitrogen and oxygen atoms in total. The molecule has 0 saturated carbocycles. The van der Waals surface area contributed by atoms with Crippen molar-refractivity contribution >= 4 is 21.8 Å². The maximum absolute atomic E-state index is 13.2. The number of halogens is 6. The van der Waals surface area contributed by atoms with Gasteiger partial charge in [0.05, 0.1) is 5.56 Å². The smallest absolute Gasteiger partial charge is 0.409 e. The van der Waals surface area contributed by atoms with Gasteiger partial charge in [-0.1, -0.05) is 48.5 Å². The van der Waals surface area contributed by atoms with Crippen molar-refractivity contribution in [1.29, 1.82) is 0 Å². The van der Waals surface area contributed by atoms with Crippen LogP contribution in [-0.4, -0.2) is 31.7 Å². The molecule has 0 fully saturated rings. The van der Waals surface area contributed by atoms with Crippen molar-refractivity contribution in [2.75, 3.05) is 11.9 Å². The zero-order valence-electron chi connectivity index (χ0n) is 22.4. The molecule has 0 aromatic heterocycles. The number of hydrogen-bond acceptors (Lipinski definition) is 5. The molecular formula is C30H22F6N2O5S. The second-order valence-corrected chi connectivity index (χ2v) is 11.6. The van der Waals surface area contributed by atoms with Gasteiger partial charge in [0.15, 0.2) is 0 Å². The third kappa shape index (κ3) is 6.97. The van der Waals surface area contributed by atoms with Crippen molar-refractivity contribution < 1.29 is 49.0 Å². The molecule has 14 heteroatoms. The number of rotatable bonds is 6. The Hall–Kier alpha value is -4.56. The molecule has 0 radical (unpaired) electrons. The monoisotopic (exact) mass is 636 g/mol. The maximum atomic E-state index is 13.2. The van der Waals surface area contributed by atoms with E-state index in [1.54, 1.807) is 30.3 Å². The average Bonchev–Trinajstić information content (AvgIpc) is 2.96. The fourth-order valence-electron chi connectivity index (χ4n) is 4.70. The van der Waals surface area contributed by atoms with Crippen molar-refractivity contribution in [1.82, 2.24) is 4.31 Å². The van der Waals surface area contributed by atoms with E-state index in [0.29, 0.717) is 27.9 Å². The molecule has 1 aliphatic rings. The Balaban J connectivity index is 1.28. The van der Waals surface area contributed by atoms with Gasteiger partial charge in [-0.3, -0.25) is 5.32 Å². The summed E-state index contributed by atoms with van der Waals surface area (Å²) in [5.74, 6) is -0.720. The van der Waals surface area contributed by atoms with E-state index in [-0.39, 0.29) is 25.3 Å². The number of hydrogen-bond donors (Lipinski definition) is 1. The zero-order chi connectivity index (χ0) is 31.7. The Morgan fingerprint density at radius 2 is 1.45 bits per heavy atom. The van der Waals surface area contributed by atoms with E-state index in [0.717, 1.165) is 28.6 Å². The lowest BCUT2D eigenvalue weighted by Gasteiger charge is -2.29. The number of para-hydroxylation sites is 2. The van der Waals surface area contributed by atoms with E-state index >= 15 is 0 Å². The SMILES string of the molecule is O=C(Nc1ccc2c(c1)CCN(S(=O)(=O)c1ccccc1OC(F)(F)F)C2)Oc1ccccc1-c1ccc(C(F)(F)F)cc1. The first kappa shape index (κ1) is 30.9. The molecule has 0 aliphatic carbocycles. The van der Waals surface area contributed by atoms with Crippen molar-refractivity contribution in [2.45, 2.75) is 30.4 Å². The number of carbonyl (C=O) groups excluding carboxylic acids is 1. The summed E-state index contributed by atoms with van der Waals surface area (Å²) in [5, 5.41) is 2.58. The van der Waals surface area contributed by atoms with Gasteiger partial charge in [0, 0.05) is 24.3 Å². The Kier molecular flexibility index (Phi) is 8.32. The first-order chi connectivity index (χ1) is 20.7. The predicted octanol–water partition coefficient (Wildman–Crippen LogP) is 7.63. The molecule has 1 N–H and O–H groups in total. The molecule has 4 aromatic carbocycles. The minimum atomic E-state index is -5.07. The standard InChI is InChI=1S/C30H22F6N2O5S/c31-29(32,33)22-12-9-19(10-13-22)24-5-1-2-6-25(24)42-28(39)37-23-14-11-21-18-38(16-15-20(21)17-23)44(40,41)27-8-4-3-7-26(27)43-30(34,35)36/h1-14,17H,15-16,18H2,(H,37,39). The van der Waals surface area contributed by atoms with Crippen molar-refractivity contribution in [2.24, 2.45) is 0 Å². The van der Waals surface area contributed by atoms with Gasteiger partial charge in [-0.2, -0.15) is 17.5 Å². The number of benzene rings is 4. The van der Waals surface area contributed by atoms with E-state index in [4.69, 9.17) is 4.74 Å². The predicted molar refractivity (Wildman–Crippen MR) is 147 cm³/mol. The summed E-state index contributed by atoms with van der Waals surface area (Å²) in [6, 6.07) is 20.0. The van der Waals surface area contributed by atoms with Crippen LogP contribution in [0, 0.1) is 0 Å². The third-order valence-electron chi connectivity index (χ3n) is 6.74. The fraction of sp³-hybridized carbons (Fsp3) is 0.167. The number of ether oxygens (including phenoxy) is 2. The normalized spacial score (nSPS) is 14.0. The van der Waals surface area contributed by atoms with Gasteiger partial charge in [0.2, 0.25) is 10.0 Å². The second kappa shape index (κ2) is 11.8. The molecular weight excluding hydrogens is 614 g/mol. The number of nitrogens with one attached hydrogen (secondary N) is 1. The van der Waals surface area contributed by atoms with E-state index in [1.807, 2.05) is 0 Å². The van der Waals surface area contributed by atoms with Crippen LogP contribution in [0.2, 0.25) is 0 Å². The van der Waals surface area contributed by atoms with Gasteiger partial charge in [-0.15, -0.1) is 13.2 Å². The van der Waals surface area contributed by atoms with Crippen LogP contribution in [0.25, 0.3) is 11.1 Å². The highest BCUT2D eigenvalue weighted by molar-refractivity contribution is 7.89. The zero-order valence-corrected chi connectivity index (χ0v) is 23.3. The molecule has 1 amide bonds. The molecule has 0 saturated heterocycles. The van der Waals surface area contributed by atoms with E-state index in [2.05, 4.69) is 10.1 Å². The lowest BCUT2D eigenvalue weighted by atomic mass is 10.0. The topological polar surface area (TPSA) is 84.9 Å². The van der Waals surface area contributed by atoms with Crippen LogP contribution in [0.3, 0.4) is 0 Å². The number of amides is 1. The Bertz CT molecular complexity index is 1790. The van der Waals surface area contributed by atoms with Crippen LogP contribution in [0.15, 0.2) is 95.9 Å². The number of carbonyl (C=O) groups is 1. The second-order valence-electron chi connectivity index (χ2n) is 9.65. The summed E-state index contributed by atoms with van der Waals surface area (Å²) in [5.41, 5.74) is 1.61. The summed E-state index contributed by atoms with van der Waals surface area (Å²) in [4.78, 5) is 12.1. The van der Waals surface area contributed by atoms with Crippen molar-refractivity contribution in [3.63, 3.8) is 0 Å². The van der Waals surface area contributed by atoms with Crippen LogP contribution < -0.4 is 14.8 Å². The first-order valence-corrected chi connectivity index (χ1v) is 14.4. The van der Waals surface area contributed by atoms with Gasteiger partial charge < -0.3 is 9.47 Å². The van der Waals surface area contributed by atoms with Crippen molar-refractivity contribution in [3.8, 4) is 22.6 Å². The summed E-state index contributed by atoms with van der Waals surface area (Å²) in [6.45, 7) is -0.159. The Labute approximate surface area is 247 Å². The molecule has 1 heterocycles. The fourth-order valence-corrected chi connectivity index (χ4v) is 6.23. The van der Waals surface area contributed by atoms with E-state index < -0.39 is 44.9 Å². The van der Waals surface area contributed by atoms with Gasteiger partial charge in [-0.25, -0.2) is 13.2 Å². The number of nitrogens with zero attached hydrogens (tertiary/aromatic N) is 1. The molecule has 0 unspecified atom stereocenters. The minimum Gasteiger partial charge on any atom is -0.409 e. The van der Waals surface area contributed by atoms with Crippen LogP contribution in [-0.2, 0) is 29.2 Å². The lowest BCUT2D eigenvalue weighted by Crippen LogP contribution is -2.36. The van der Waals surface area contributed by atoms with Gasteiger partial charge in [0.25, 0.3) is 0 Å². The molecule has 1 aliphatic heterocycles. The van der Waals surface area contributed by atoms with Gasteiger partial charge in [0.1, 0.15) is 16.4 Å². The molecule has 230 valence electrons. The van der Waals surface area contributed by atoms with Crippen LogP contribution in [0.1, 0.15) is 16.7 Å². The van der Waals surface area contributed by atoms with Crippen LogP contribution in [0.5, 0.6) is 11.5 Å². The number of sulfonamides is 1. The molecule has 0 atom stereocenters. The largest absolute Gasteiger partial charge is 0.573 e. The highest BCUT2D eigenvalue weighted by atomic mass is 32.2. The summed E-state index contributed by atoms with van der Waals surface area (Å²) in [6.07, 6.45) is -10.2. The Morgan fingerprint density at radius 3 is 2.14 bits per heavy atom. The highest BCUT2D eigenvalue weighted by Crippen LogP contribution is 2.36. The van der Waals surface area contributed by atoms with Crippen LogP contribution >= 0.6 is 0 Å². The minimum absolute atomic E-state index is 0.0376. The molecule has 5 rings (SSSR count). The quantitative estimate of drug-likeness (QED) is 0.220. The lowest BCUT2D eigenvalue weighted by molar-refractivity contribution is -0.275. The van der Waals surface area contributed by atoms with Crippen molar-refractivity contribution in [3.05, 3.63) is 108 Å². The summed E-state index contributed by atoms with van der Waals surface area (Å²) < 4.78 is 114. The average molecular weight is 637 g/mol. The Morgan fingerprint density at radius 1 is 0.795 bits per heavy atom. The number of anilines is 1. The van der Waals surface area contributed by atoms with Crippen LogP contribution in [0.4, 0.5) is 36.8 Å². The summed E-state index contributed by atoms with van der Waals surface area (Å²) >= 11 is 0. The molecule has 4 aromatic rings. The number of fused-ring (bicyclic) bond motifs is 1. The molecule has 44 heavy (non-hydrogen) atoms. The van der Waals surface area contributed by atoms with E-state index in [1.165, 1.54) is 36.4 Å². The van der Waals surface area contributed by atoms with Gasteiger partial charge >= 0.3 is 18.6 Å². The number of alkyl halides is 6. The third-order valence-corrected chi connectivity index (χ3v) is 8.62. The molecule has 0 spiro atoms. The van der Waals surface area contributed by atoms with E-state index in [9.17, 15) is 39.6 Å². The molecule has 0 bridgehead atoms.